The number of hydrogen-bond donors (Lipinski definition) is 1. The summed E-state index contributed by atoms with van der Waals surface area (Å²) in [7, 11) is 1.65. The standard InChI is InChI=1S/C17H19BrClNO2/c1-3-8-22-16-7-4-12(9-17(16)21-2)11-20-13-5-6-14(18)15(19)10-13/h4-7,9-10,20H,3,8,11H2,1-2H3. The van der Waals surface area contributed by atoms with E-state index in [0.29, 0.717) is 18.2 Å². The molecule has 0 saturated carbocycles. The van der Waals surface area contributed by atoms with E-state index in [4.69, 9.17) is 21.1 Å². The molecular formula is C17H19BrClNO2. The molecule has 2 aromatic rings. The van der Waals surface area contributed by atoms with Crippen LogP contribution in [-0.4, -0.2) is 13.7 Å². The summed E-state index contributed by atoms with van der Waals surface area (Å²) in [5.74, 6) is 1.53. The van der Waals surface area contributed by atoms with Gasteiger partial charge in [-0.1, -0.05) is 24.6 Å². The van der Waals surface area contributed by atoms with Crippen LogP contribution >= 0.6 is 27.5 Å². The molecule has 22 heavy (non-hydrogen) atoms. The molecule has 0 aromatic heterocycles. The van der Waals surface area contributed by atoms with Crippen molar-refractivity contribution >= 4 is 33.2 Å². The maximum absolute atomic E-state index is 6.09. The molecule has 5 heteroatoms. The van der Waals surface area contributed by atoms with Crippen molar-refractivity contribution < 1.29 is 9.47 Å². The van der Waals surface area contributed by atoms with Gasteiger partial charge in [-0.15, -0.1) is 0 Å². The van der Waals surface area contributed by atoms with Crippen LogP contribution in [0.3, 0.4) is 0 Å². The van der Waals surface area contributed by atoms with Crippen LogP contribution < -0.4 is 14.8 Å². The molecule has 0 aliphatic heterocycles. The second-order valence-electron chi connectivity index (χ2n) is 4.82. The summed E-state index contributed by atoms with van der Waals surface area (Å²) in [6.45, 7) is 3.45. The lowest BCUT2D eigenvalue weighted by atomic mass is 10.2. The second-order valence-corrected chi connectivity index (χ2v) is 6.08. The van der Waals surface area contributed by atoms with Crippen LogP contribution in [0.25, 0.3) is 0 Å². The molecule has 3 nitrogen and oxygen atoms in total. The highest BCUT2D eigenvalue weighted by atomic mass is 79.9. The number of anilines is 1. The van der Waals surface area contributed by atoms with Gasteiger partial charge in [0.05, 0.1) is 18.7 Å². The Kier molecular flexibility index (Phi) is 6.40. The van der Waals surface area contributed by atoms with Gasteiger partial charge in [-0.3, -0.25) is 0 Å². The van der Waals surface area contributed by atoms with Crippen molar-refractivity contribution in [2.75, 3.05) is 19.0 Å². The maximum Gasteiger partial charge on any atom is 0.161 e. The van der Waals surface area contributed by atoms with Gasteiger partial charge in [0.1, 0.15) is 0 Å². The van der Waals surface area contributed by atoms with E-state index in [9.17, 15) is 0 Å². The molecule has 1 N–H and O–H groups in total. The smallest absolute Gasteiger partial charge is 0.161 e. The van der Waals surface area contributed by atoms with Crippen LogP contribution in [0.2, 0.25) is 5.02 Å². The molecule has 118 valence electrons. The average molecular weight is 385 g/mol. The molecule has 0 heterocycles. The fourth-order valence-electron chi connectivity index (χ4n) is 1.96. The first-order chi connectivity index (χ1) is 10.6. The van der Waals surface area contributed by atoms with Crippen molar-refractivity contribution in [2.45, 2.75) is 19.9 Å². The molecule has 0 radical (unpaired) electrons. The van der Waals surface area contributed by atoms with Crippen LogP contribution in [0.4, 0.5) is 5.69 Å². The molecule has 2 aromatic carbocycles. The Morgan fingerprint density at radius 1 is 1.14 bits per heavy atom. The lowest BCUT2D eigenvalue weighted by Gasteiger charge is -2.13. The predicted octanol–water partition coefficient (Wildman–Crippen LogP) is 5.51. The van der Waals surface area contributed by atoms with E-state index in [0.717, 1.165) is 33.6 Å². The van der Waals surface area contributed by atoms with E-state index in [-0.39, 0.29) is 0 Å². The van der Waals surface area contributed by atoms with Gasteiger partial charge < -0.3 is 14.8 Å². The van der Waals surface area contributed by atoms with E-state index in [1.165, 1.54) is 0 Å². The van der Waals surface area contributed by atoms with Gasteiger partial charge in [-0.05, 0) is 58.2 Å². The zero-order valence-corrected chi connectivity index (χ0v) is 15.0. The van der Waals surface area contributed by atoms with Gasteiger partial charge >= 0.3 is 0 Å². The highest BCUT2D eigenvalue weighted by Gasteiger charge is 2.06. The molecule has 0 atom stereocenters. The SMILES string of the molecule is CCCOc1ccc(CNc2ccc(Br)c(Cl)c2)cc1OC. The summed E-state index contributed by atoms with van der Waals surface area (Å²) in [4.78, 5) is 0. The van der Waals surface area contributed by atoms with Gasteiger partial charge in [0, 0.05) is 16.7 Å². The Labute approximate surface area is 144 Å². The minimum Gasteiger partial charge on any atom is -0.493 e. The van der Waals surface area contributed by atoms with Crippen molar-refractivity contribution in [3.63, 3.8) is 0 Å². The number of benzene rings is 2. The van der Waals surface area contributed by atoms with Crippen LogP contribution in [0.15, 0.2) is 40.9 Å². The molecule has 2 rings (SSSR count). The predicted molar refractivity (Wildman–Crippen MR) is 95.3 cm³/mol. The summed E-state index contributed by atoms with van der Waals surface area (Å²) in [5.41, 5.74) is 2.08. The fraction of sp³-hybridized carbons (Fsp3) is 0.294. The van der Waals surface area contributed by atoms with E-state index >= 15 is 0 Å². The Hall–Kier alpha value is -1.39. The summed E-state index contributed by atoms with van der Waals surface area (Å²) < 4.78 is 11.9. The van der Waals surface area contributed by atoms with Gasteiger partial charge in [0.2, 0.25) is 0 Å². The molecular weight excluding hydrogens is 366 g/mol. The molecule has 0 spiro atoms. The van der Waals surface area contributed by atoms with E-state index in [1.54, 1.807) is 7.11 Å². The van der Waals surface area contributed by atoms with E-state index in [1.807, 2.05) is 36.4 Å². The number of hydrogen-bond acceptors (Lipinski definition) is 3. The van der Waals surface area contributed by atoms with Crippen LogP contribution in [0, 0.1) is 0 Å². The van der Waals surface area contributed by atoms with Crippen molar-refractivity contribution in [3.05, 3.63) is 51.5 Å². The summed E-state index contributed by atoms with van der Waals surface area (Å²) in [5, 5.41) is 4.03. The molecule has 0 fully saturated rings. The van der Waals surface area contributed by atoms with Crippen molar-refractivity contribution in [2.24, 2.45) is 0 Å². The second kappa shape index (κ2) is 8.30. The minimum atomic E-state index is 0.683. The molecule has 0 aliphatic rings. The largest absolute Gasteiger partial charge is 0.493 e. The number of methoxy groups -OCH3 is 1. The Morgan fingerprint density at radius 3 is 2.64 bits per heavy atom. The molecule has 0 amide bonds. The maximum atomic E-state index is 6.09. The third kappa shape index (κ3) is 4.55. The number of nitrogens with one attached hydrogen (secondary N) is 1. The average Bonchev–Trinajstić information content (AvgIpc) is 2.54. The third-order valence-electron chi connectivity index (χ3n) is 3.11. The zero-order valence-electron chi connectivity index (χ0n) is 12.7. The van der Waals surface area contributed by atoms with Crippen molar-refractivity contribution in [1.82, 2.24) is 0 Å². The lowest BCUT2D eigenvalue weighted by molar-refractivity contribution is 0.294. The molecule has 0 aliphatic carbocycles. The van der Waals surface area contributed by atoms with Crippen LogP contribution in [-0.2, 0) is 6.54 Å². The molecule has 0 bridgehead atoms. The first kappa shape index (κ1) is 17.0. The van der Waals surface area contributed by atoms with E-state index < -0.39 is 0 Å². The first-order valence-electron chi connectivity index (χ1n) is 7.12. The number of ether oxygens (including phenoxy) is 2. The number of rotatable bonds is 7. The molecule has 0 saturated heterocycles. The quantitative estimate of drug-likeness (QED) is 0.682. The summed E-state index contributed by atoms with van der Waals surface area (Å²) in [6.07, 6.45) is 0.969. The zero-order chi connectivity index (χ0) is 15.9. The van der Waals surface area contributed by atoms with Crippen LogP contribution in [0.5, 0.6) is 11.5 Å². The first-order valence-corrected chi connectivity index (χ1v) is 8.29. The normalized spacial score (nSPS) is 10.4. The topological polar surface area (TPSA) is 30.5 Å². The van der Waals surface area contributed by atoms with Crippen LogP contribution in [0.1, 0.15) is 18.9 Å². The number of halogens is 2. The minimum absolute atomic E-state index is 0.683. The Balaban J connectivity index is 2.04. The highest BCUT2D eigenvalue weighted by Crippen LogP contribution is 2.29. The van der Waals surface area contributed by atoms with E-state index in [2.05, 4.69) is 28.2 Å². The summed E-state index contributed by atoms with van der Waals surface area (Å²) >= 11 is 9.47. The fourth-order valence-corrected chi connectivity index (χ4v) is 2.39. The van der Waals surface area contributed by atoms with Gasteiger partial charge in [0.25, 0.3) is 0 Å². The van der Waals surface area contributed by atoms with Crippen molar-refractivity contribution in [3.8, 4) is 11.5 Å². The van der Waals surface area contributed by atoms with Gasteiger partial charge in [0.15, 0.2) is 11.5 Å². The summed E-state index contributed by atoms with van der Waals surface area (Å²) in [6, 6.07) is 11.7. The Morgan fingerprint density at radius 2 is 1.95 bits per heavy atom. The lowest BCUT2D eigenvalue weighted by Crippen LogP contribution is -2.02. The van der Waals surface area contributed by atoms with Crippen molar-refractivity contribution in [1.29, 1.82) is 0 Å². The van der Waals surface area contributed by atoms with Gasteiger partial charge in [-0.25, -0.2) is 0 Å². The third-order valence-corrected chi connectivity index (χ3v) is 4.34. The highest BCUT2D eigenvalue weighted by molar-refractivity contribution is 9.10. The monoisotopic (exact) mass is 383 g/mol. The Bertz CT molecular complexity index is 634. The molecule has 0 unspecified atom stereocenters. The van der Waals surface area contributed by atoms with Gasteiger partial charge in [-0.2, -0.15) is 0 Å².